The molecular weight excluding hydrogens is 276 g/mol. The maximum absolute atomic E-state index is 11.7. The average molecular weight is 296 g/mol. The fourth-order valence-corrected chi connectivity index (χ4v) is 2.15. The molecule has 0 unspecified atom stereocenters. The van der Waals surface area contributed by atoms with Crippen molar-refractivity contribution in [3.63, 3.8) is 0 Å². The van der Waals surface area contributed by atoms with E-state index in [4.69, 9.17) is 0 Å². The van der Waals surface area contributed by atoms with Crippen molar-refractivity contribution >= 4 is 22.0 Å². The predicted molar refractivity (Wildman–Crippen MR) is 80.4 cm³/mol. The number of sulfonamides is 1. The van der Waals surface area contributed by atoms with E-state index in [0.29, 0.717) is 6.54 Å². The maximum atomic E-state index is 11.7. The van der Waals surface area contributed by atoms with E-state index < -0.39 is 10.0 Å². The van der Waals surface area contributed by atoms with Crippen molar-refractivity contribution in [3.05, 3.63) is 40.8 Å². The first kappa shape index (κ1) is 16.4. The van der Waals surface area contributed by atoms with Gasteiger partial charge in [0.25, 0.3) is 0 Å². The summed E-state index contributed by atoms with van der Waals surface area (Å²) in [5.41, 5.74) is 1.90. The van der Waals surface area contributed by atoms with E-state index in [1.165, 1.54) is 6.08 Å². The van der Waals surface area contributed by atoms with Gasteiger partial charge in [0.05, 0.1) is 6.54 Å². The van der Waals surface area contributed by atoms with Crippen LogP contribution in [-0.4, -0.2) is 27.4 Å². The van der Waals surface area contributed by atoms with Gasteiger partial charge in [-0.3, -0.25) is 4.79 Å². The van der Waals surface area contributed by atoms with E-state index in [-0.39, 0.29) is 12.5 Å². The minimum absolute atomic E-state index is 0.249. The van der Waals surface area contributed by atoms with E-state index in [1.807, 2.05) is 38.1 Å². The smallest absolute Gasteiger partial charge is 0.235 e. The van der Waals surface area contributed by atoms with Crippen molar-refractivity contribution < 1.29 is 13.2 Å². The predicted octanol–water partition coefficient (Wildman–Crippen LogP) is 1.41. The number of nitrogens with one attached hydrogen (secondary N) is 2. The molecule has 0 aliphatic rings. The lowest BCUT2D eigenvalue weighted by Gasteiger charge is -2.04. The molecule has 6 heteroatoms. The lowest BCUT2D eigenvalue weighted by molar-refractivity contribution is -0.119. The largest absolute Gasteiger partial charge is 0.355 e. The van der Waals surface area contributed by atoms with Crippen molar-refractivity contribution in [1.29, 1.82) is 0 Å². The van der Waals surface area contributed by atoms with E-state index in [0.717, 1.165) is 23.0 Å². The molecule has 1 aromatic carbocycles. The summed E-state index contributed by atoms with van der Waals surface area (Å²) in [6.45, 7) is 4.18. The summed E-state index contributed by atoms with van der Waals surface area (Å²) < 4.78 is 25.6. The molecule has 0 atom stereocenters. The molecule has 0 saturated carbocycles. The molecule has 1 amide bonds. The molecule has 0 aliphatic heterocycles. The number of benzene rings is 1. The molecule has 20 heavy (non-hydrogen) atoms. The zero-order valence-electron chi connectivity index (χ0n) is 11.7. The van der Waals surface area contributed by atoms with Crippen molar-refractivity contribution in [2.45, 2.75) is 20.3 Å². The van der Waals surface area contributed by atoms with Crippen LogP contribution in [0.1, 0.15) is 24.5 Å². The molecule has 110 valence electrons. The van der Waals surface area contributed by atoms with Gasteiger partial charge >= 0.3 is 0 Å². The fraction of sp³-hybridized carbons (Fsp3) is 0.357. The first-order valence-electron chi connectivity index (χ1n) is 6.44. The van der Waals surface area contributed by atoms with Crippen LogP contribution in [0.4, 0.5) is 0 Å². The molecule has 0 heterocycles. The Balaban J connectivity index is 2.52. The van der Waals surface area contributed by atoms with Crippen LogP contribution in [0.3, 0.4) is 0 Å². The minimum Gasteiger partial charge on any atom is -0.355 e. The van der Waals surface area contributed by atoms with Gasteiger partial charge in [-0.1, -0.05) is 36.8 Å². The van der Waals surface area contributed by atoms with Crippen molar-refractivity contribution in [2.24, 2.45) is 0 Å². The minimum atomic E-state index is -3.60. The SMILES string of the molecule is CCCNC(=O)CNS(=O)(=O)C=Cc1ccc(C)cc1. The molecule has 0 aliphatic carbocycles. The van der Waals surface area contributed by atoms with E-state index in [1.54, 1.807) is 0 Å². The molecule has 0 radical (unpaired) electrons. The lowest BCUT2D eigenvalue weighted by Crippen LogP contribution is -2.36. The second-order valence-electron chi connectivity index (χ2n) is 4.43. The highest BCUT2D eigenvalue weighted by Gasteiger charge is 2.07. The van der Waals surface area contributed by atoms with E-state index >= 15 is 0 Å². The Morgan fingerprint density at radius 2 is 1.90 bits per heavy atom. The van der Waals surface area contributed by atoms with E-state index in [2.05, 4.69) is 10.0 Å². The number of hydrogen-bond acceptors (Lipinski definition) is 3. The molecule has 0 fully saturated rings. The number of carbonyl (C=O) groups excluding carboxylic acids is 1. The molecule has 0 saturated heterocycles. The number of rotatable bonds is 7. The molecule has 0 aromatic heterocycles. The summed E-state index contributed by atoms with van der Waals surface area (Å²) in [7, 11) is -3.60. The van der Waals surface area contributed by atoms with Crippen LogP contribution >= 0.6 is 0 Å². The van der Waals surface area contributed by atoms with Crippen LogP contribution in [0.5, 0.6) is 0 Å². The lowest BCUT2D eigenvalue weighted by atomic mass is 10.2. The summed E-state index contributed by atoms with van der Waals surface area (Å²) in [5, 5.41) is 3.66. The molecule has 0 spiro atoms. The number of amides is 1. The van der Waals surface area contributed by atoms with Crippen LogP contribution in [0.2, 0.25) is 0 Å². The Kier molecular flexibility index (Phi) is 6.41. The fourth-order valence-electron chi connectivity index (χ4n) is 1.39. The molecule has 1 aromatic rings. The van der Waals surface area contributed by atoms with Gasteiger partial charge in [-0.15, -0.1) is 0 Å². The first-order chi connectivity index (χ1) is 9.43. The Morgan fingerprint density at radius 1 is 1.25 bits per heavy atom. The Hall–Kier alpha value is -1.66. The second-order valence-corrected chi connectivity index (χ2v) is 6.08. The standard InChI is InChI=1S/C14H20N2O3S/c1-3-9-15-14(17)11-16-20(18,19)10-8-13-6-4-12(2)5-7-13/h4-8,10,16H,3,9,11H2,1-2H3,(H,15,17). The van der Waals surface area contributed by atoms with E-state index in [9.17, 15) is 13.2 Å². The third kappa shape index (κ3) is 6.49. The van der Waals surface area contributed by atoms with Crippen molar-refractivity contribution in [2.75, 3.05) is 13.1 Å². The van der Waals surface area contributed by atoms with Crippen LogP contribution in [0, 0.1) is 6.92 Å². The monoisotopic (exact) mass is 296 g/mol. The van der Waals surface area contributed by atoms with Gasteiger partial charge < -0.3 is 5.32 Å². The second kappa shape index (κ2) is 7.81. The maximum Gasteiger partial charge on any atom is 0.235 e. The average Bonchev–Trinajstić information content (AvgIpc) is 2.42. The van der Waals surface area contributed by atoms with Crippen LogP contribution in [-0.2, 0) is 14.8 Å². The van der Waals surface area contributed by atoms with Gasteiger partial charge in [0.15, 0.2) is 0 Å². The van der Waals surface area contributed by atoms with Gasteiger partial charge in [-0.05, 0) is 25.0 Å². The number of hydrogen-bond donors (Lipinski definition) is 2. The molecular formula is C14H20N2O3S. The highest BCUT2D eigenvalue weighted by Crippen LogP contribution is 2.05. The van der Waals surface area contributed by atoms with Crippen LogP contribution in [0.15, 0.2) is 29.7 Å². The molecule has 2 N–H and O–H groups in total. The van der Waals surface area contributed by atoms with Crippen molar-refractivity contribution in [3.8, 4) is 0 Å². The van der Waals surface area contributed by atoms with Gasteiger partial charge in [0, 0.05) is 12.0 Å². The van der Waals surface area contributed by atoms with Gasteiger partial charge in [0.2, 0.25) is 15.9 Å². The van der Waals surface area contributed by atoms with Gasteiger partial charge in [-0.2, -0.15) is 0 Å². The number of aryl methyl sites for hydroxylation is 1. The van der Waals surface area contributed by atoms with Crippen molar-refractivity contribution in [1.82, 2.24) is 10.0 Å². The molecule has 0 bridgehead atoms. The zero-order valence-corrected chi connectivity index (χ0v) is 12.5. The highest BCUT2D eigenvalue weighted by molar-refractivity contribution is 7.92. The quantitative estimate of drug-likeness (QED) is 0.799. The highest BCUT2D eigenvalue weighted by atomic mass is 32.2. The van der Waals surface area contributed by atoms with Crippen LogP contribution < -0.4 is 10.0 Å². The Bertz CT molecular complexity index is 563. The normalized spacial score (nSPS) is 11.7. The summed E-state index contributed by atoms with van der Waals surface area (Å²) >= 11 is 0. The summed E-state index contributed by atoms with van der Waals surface area (Å²) in [6, 6.07) is 7.46. The topological polar surface area (TPSA) is 75.3 Å². The summed E-state index contributed by atoms with van der Waals surface area (Å²) in [4.78, 5) is 11.3. The zero-order chi connectivity index (χ0) is 15.0. The van der Waals surface area contributed by atoms with Gasteiger partial charge in [0.1, 0.15) is 0 Å². The Morgan fingerprint density at radius 3 is 2.50 bits per heavy atom. The molecule has 1 rings (SSSR count). The third-order valence-electron chi connectivity index (χ3n) is 2.52. The summed E-state index contributed by atoms with van der Waals surface area (Å²) in [5.74, 6) is -0.334. The van der Waals surface area contributed by atoms with Crippen LogP contribution in [0.25, 0.3) is 6.08 Å². The number of carbonyl (C=O) groups is 1. The Labute approximate surface area is 120 Å². The molecule has 5 nitrogen and oxygen atoms in total. The summed E-state index contributed by atoms with van der Waals surface area (Å²) in [6.07, 6.45) is 2.30. The first-order valence-corrected chi connectivity index (χ1v) is 7.98. The third-order valence-corrected chi connectivity index (χ3v) is 3.56. The van der Waals surface area contributed by atoms with Gasteiger partial charge in [-0.25, -0.2) is 13.1 Å².